The topological polar surface area (TPSA) is 105 Å². The standard InChI is InChI=1S/C25H37N3O5/c1-16(2)11-20(14-29)26-23(30)22(12-17(3)4)28-18(5)13-21(24(28)31)27-25(32)33-15-19-9-7-6-8-10-19/h6-10,14,16-18,20-22H,11-13,15H2,1-5H3,(H,26,30)(H,27,32)/t18?,20-,21-,22-/m0/s1. The molecule has 0 spiro atoms. The first-order chi connectivity index (χ1) is 15.6. The molecule has 2 rings (SSSR count). The van der Waals surface area contributed by atoms with Crippen molar-refractivity contribution in [1.29, 1.82) is 0 Å². The fraction of sp³-hybridized carbons (Fsp3) is 0.600. The summed E-state index contributed by atoms with van der Waals surface area (Å²) >= 11 is 0. The van der Waals surface area contributed by atoms with Crippen molar-refractivity contribution in [2.45, 2.75) is 84.7 Å². The third kappa shape index (κ3) is 7.87. The van der Waals surface area contributed by atoms with Crippen LogP contribution in [0.25, 0.3) is 0 Å². The lowest BCUT2D eigenvalue weighted by Gasteiger charge is -2.32. The Morgan fingerprint density at radius 1 is 1.12 bits per heavy atom. The fourth-order valence-corrected chi connectivity index (χ4v) is 4.17. The lowest BCUT2D eigenvalue weighted by molar-refractivity contribution is -0.141. The Morgan fingerprint density at radius 2 is 1.76 bits per heavy atom. The molecule has 1 heterocycles. The SMILES string of the molecule is CC(C)C[C@@H](C=O)NC(=O)[C@H](CC(C)C)N1C(=O)[C@@H](NC(=O)OCc2ccccc2)CC1C. The zero-order chi connectivity index (χ0) is 24.5. The second kappa shape index (κ2) is 12.4. The molecule has 1 unspecified atom stereocenters. The summed E-state index contributed by atoms with van der Waals surface area (Å²) in [5.74, 6) is -0.254. The van der Waals surface area contributed by atoms with Gasteiger partial charge in [0.25, 0.3) is 0 Å². The number of carbonyl (C=O) groups is 4. The summed E-state index contributed by atoms with van der Waals surface area (Å²) in [5.41, 5.74) is 0.847. The van der Waals surface area contributed by atoms with Crippen molar-refractivity contribution in [2.75, 3.05) is 0 Å². The van der Waals surface area contributed by atoms with Gasteiger partial charge in [0.15, 0.2) is 0 Å². The Bertz CT molecular complexity index is 812. The number of nitrogens with one attached hydrogen (secondary N) is 2. The molecule has 1 aromatic rings. The molecule has 4 atom stereocenters. The normalized spacial score (nSPS) is 20.0. The highest BCUT2D eigenvalue weighted by Crippen LogP contribution is 2.26. The van der Waals surface area contributed by atoms with Crippen molar-refractivity contribution >= 4 is 24.2 Å². The van der Waals surface area contributed by atoms with Gasteiger partial charge in [0.1, 0.15) is 25.0 Å². The van der Waals surface area contributed by atoms with Crippen molar-refractivity contribution in [1.82, 2.24) is 15.5 Å². The zero-order valence-corrected chi connectivity index (χ0v) is 20.2. The molecular weight excluding hydrogens is 422 g/mol. The van der Waals surface area contributed by atoms with Gasteiger partial charge in [-0.2, -0.15) is 0 Å². The first-order valence-electron chi connectivity index (χ1n) is 11.7. The van der Waals surface area contributed by atoms with E-state index in [9.17, 15) is 19.2 Å². The molecule has 182 valence electrons. The van der Waals surface area contributed by atoms with Crippen LogP contribution in [0.15, 0.2) is 30.3 Å². The second-order valence-corrected chi connectivity index (χ2v) is 9.61. The van der Waals surface area contributed by atoms with Crippen molar-refractivity contribution in [2.24, 2.45) is 11.8 Å². The largest absolute Gasteiger partial charge is 0.445 e. The summed E-state index contributed by atoms with van der Waals surface area (Å²) in [4.78, 5) is 51.6. The maximum absolute atomic E-state index is 13.2. The average Bonchev–Trinajstić information content (AvgIpc) is 3.02. The van der Waals surface area contributed by atoms with Gasteiger partial charge in [0.2, 0.25) is 11.8 Å². The minimum Gasteiger partial charge on any atom is -0.445 e. The number of ether oxygens (including phenoxy) is 1. The van der Waals surface area contributed by atoms with E-state index in [0.717, 1.165) is 11.8 Å². The Balaban J connectivity index is 2.05. The van der Waals surface area contributed by atoms with Gasteiger partial charge in [-0.3, -0.25) is 9.59 Å². The number of aldehydes is 1. The molecule has 33 heavy (non-hydrogen) atoms. The smallest absolute Gasteiger partial charge is 0.408 e. The average molecular weight is 460 g/mol. The van der Waals surface area contributed by atoms with E-state index in [4.69, 9.17) is 4.74 Å². The molecule has 0 aromatic heterocycles. The first-order valence-corrected chi connectivity index (χ1v) is 11.7. The monoisotopic (exact) mass is 459 g/mol. The Labute approximate surface area is 196 Å². The van der Waals surface area contributed by atoms with E-state index < -0.39 is 24.2 Å². The summed E-state index contributed by atoms with van der Waals surface area (Å²) in [7, 11) is 0. The number of carbonyl (C=O) groups excluding carboxylic acids is 4. The van der Waals surface area contributed by atoms with Crippen molar-refractivity contribution in [3.8, 4) is 0 Å². The summed E-state index contributed by atoms with van der Waals surface area (Å²) in [5, 5.41) is 5.45. The van der Waals surface area contributed by atoms with E-state index >= 15 is 0 Å². The number of alkyl carbamates (subject to hydrolysis) is 1. The number of amides is 3. The van der Waals surface area contributed by atoms with Gasteiger partial charge < -0.3 is 25.1 Å². The van der Waals surface area contributed by atoms with Crippen molar-refractivity contribution < 1.29 is 23.9 Å². The predicted octanol–water partition coefficient (Wildman–Crippen LogP) is 3.05. The van der Waals surface area contributed by atoms with Crippen LogP contribution in [0.4, 0.5) is 4.79 Å². The van der Waals surface area contributed by atoms with Crippen LogP contribution in [0, 0.1) is 11.8 Å². The minimum absolute atomic E-state index is 0.105. The highest BCUT2D eigenvalue weighted by molar-refractivity contribution is 5.93. The third-order valence-electron chi connectivity index (χ3n) is 5.66. The van der Waals surface area contributed by atoms with Crippen LogP contribution in [-0.4, -0.2) is 53.3 Å². The van der Waals surface area contributed by atoms with E-state index in [1.165, 1.54) is 0 Å². The molecule has 1 aliphatic rings. The number of hydrogen-bond donors (Lipinski definition) is 2. The maximum Gasteiger partial charge on any atom is 0.408 e. The second-order valence-electron chi connectivity index (χ2n) is 9.61. The molecule has 1 fully saturated rings. The molecule has 8 nitrogen and oxygen atoms in total. The van der Waals surface area contributed by atoms with Gasteiger partial charge in [-0.05, 0) is 43.6 Å². The van der Waals surface area contributed by atoms with Crippen LogP contribution in [0.3, 0.4) is 0 Å². The molecule has 1 aliphatic heterocycles. The number of rotatable bonds is 11. The van der Waals surface area contributed by atoms with Gasteiger partial charge >= 0.3 is 6.09 Å². The quantitative estimate of drug-likeness (QED) is 0.495. The molecule has 0 radical (unpaired) electrons. The van der Waals surface area contributed by atoms with Crippen molar-refractivity contribution in [3.63, 3.8) is 0 Å². The molecule has 0 saturated carbocycles. The van der Waals surface area contributed by atoms with Gasteiger partial charge in [-0.1, -0.05) is 58.0 Å². The molecular formula is C25H37N3O5. The van der Waals surface area contributed by atoms with Crippen LogP contribution in [-0.2, 0) is 25.7 Å². The molecule has 1 aromatic carbocycles. The van der Waals surface area contributed by atoms with E-state index in [1.54, 1.807) is 4.90 Å². The van der Waals surface area contributed by atoms with E-state index in [-0.39, 0.29) is 36.3 Å². The number of benzene rings is 1. The van der Waals surface area contributed by atoms with Crippen LogP contribution < -0.4 is 10.6 Å². The van der Waals surface area contributed by atoms with Gasteiger partial charge in [-0.15, -0.1) is 0 Å². The highest BCUT2D eigenvalue weighted by Gasteiger charge is 2.44. The minimum atomic E-state index is -0.761. The zero-order valence-electron chi connectivity index (χ0n) is 20.2. The summed E-state index contributed by atoms with van der Waals surface area (Å²) in [6.45, 7) is 9.89. The lowest BCUT2D eigenvalue weighted by atomic mass is 9.99. The van der Waals surface area contributed by atoms with Crippen LogP contribution >= 0.6 is 0 Å². The predicted molar refractivity (Wildman–Crippen MR) is 125 cm³/mol. The van der Waals surface area contributed by atoms with E-state index in [1.807, 2.05) is 65.0 Å². The number of likely N-dealkylation sites (tertiary alicyclic amines) is 1. The van der Waals surface area contributed by atoms with E-state index in [2.05, 4.69) is 10.6 Å². The Kier molecular flexibility index (Phi) is 9.88. The van der Waals surface area contributed by atoms with Crippen LogP contribution in [0.2, 0.25) is 0 Å². The molecule has 0 bridgehead atoms. The third-order valence-corrected chi connectivity index (χ3v) is 5.66. The molecule has 3 amide bonds. The van der Waals surface area contributed by atoms with Crippen molar-refractivity contribution in [3.05, 3.63) is 35.9 Å². The number of nitrogens with zero attached hydrogens (tertiary/aromatic N) is 1. The summed E-state index contributed by atoms with van der Waals surface area (Å²) in [6.07, 6.45) is 1.44. The highest BCUT2D eigenvalue weighted by atomic mass is 16.5. The van der Waals surface area contributed by atoms with Crippen LogP contribution in [0.1, 0.15) is 59.4 Å². The van der Waals surface area contributed by atoms with Crippen LogP contribution in [0.5, 0.6) is 0 Å². The Hall–Kier alpha value is -2.90. The first kappa shape index (κ1) is 26.4. The van der Waals surface area contributed by atoms with Gasteiger partial charge in [0, 0.05) is 6.04 Å². The number of hydrogen-bond acceptors (Lipinski definition) is 5. The molecule has 1 saturated heterocycles. The molecule has 0 aliphatic carbocycles. The molecule has 8 heteroatoms. The van der Waals surface area contributed by atoms with Gasteiger partial charge in [0.05, 0.1) is 6.04 Å². The fourth-order valence-electron chi connectivity index (χ4n) is 4.17. The summed E-state index contributed by atoms with van der Waals surface area (Å²) in [6, 6.07) is 6.96. The Morgan fingerprint density at radius 3 is 2.33 bits per heavy atom. The van der Waals surface area contributed by atoms with E-state index in [0.29, 0.717) is 19.3 Å². The summed E-state index contributed by atoms with van der Waals surface area (Å²) < 4.78 is 5.25. The molecule has 2 N–H and O–H groups in total. The van der Waals surface area contributed by atoms with Gasteiger partial charge in [-0.25, -0.2) is 4.79 Å². The lowest BCUT2D eigenvalue weighted by Crippen LogP contribution is -2.54. The maximum atomic E-state index is 13.2.